The van der Waals surface area contributed by atoms with Crippen LogP contribution in [0.15, 0.2) is 12.2 Å². The minimum Gasteiger partial charge on any atom is -0.324 e. The molecule has 0 saturated carbocycles. The van der Waals surface area contributed by atoms with Gasteiger partial charge in [-0.25, -0.2) is 0 Å². The van der Waals surface area contributed by atoms with Crippen molar-refractivity contribution in [3.63, 3.8) is 0 Å². The fourth-order valence-electron chi connectivity index (χ4n) is 0.337. The van der Waals surface area contributed by atoms with Gasteiger partial charge in [-0.3, -0.25) is 4.57 Å². The number of hydrogen-bond donors (Lipinski definition) is 2. The summed E-state index contributed by atoms with van der Waals surface area (Å²) >= 11 is 0. The van der Waals surface area contributed by atoms with Crippen molar-refractivity contribution in [1.82, 2.24) is 0 Å². The minimum atomic E-state index is -3.78. The van der Waals surface area contributed by atoms with Crippen molar-refractivity contribution in [2.75, 3.05) is 6.16 Å². The van der Waals surface area contributed by atoms with Crippen molar-refractivity contribution in [2.45, 2.75) is 13.3 Å². The maximum absolute atomic E-state index is 10.2. The van der Waals surface area contributed by atoms with Gasteiger partial charge in [0.15, 0.2) is 0 Å². The normalized spacial score (nSPS) is 11.4. The van der Waals surface area contributed by atoms with Crippen LogP contribution in [0.3, 0.4) is 0 Å². The maximum Gasteiger partial charge on any atom is 0.325 e. The van der Waals surface area contributed by atoms with E-state index in [-0.39, 0.29) is 6.16 Å². The smallest absolute Gasteiger partial charge is 0.324 e. The van der Waals surface area contributed by atoms with Crippen LogP contribution in [-0.2, 0) is 4.57 Å². The van der Waals surface area contributed by atoms with E-state index in [1.54, 1.807) is 6.92 Å². The molecule has 0 bridgehead atoms. The van der Waals surface area contributed by atoms with Crippen LogP contribution in [0.25, 0.3) is 0 Å². The second-order valence-corrected chi connectivity index (χ2v) is 3.87. The first kappa shape index (κ1) is 8.89. The zero-order valence-electron chi connectivity index (χ0n) is 5.37. The molecule has 9 heavy (non-hydrogen) atoms. The fraction of sp³-hybridized carbons (Fsp3) is 0.600. The van der Waals surface area contributed by atoms with Crippen molar-refractivity contribution in [2.24, 2.45) is 0 Å². The molecule has 0 radical (unpaired) electrons. The molecule has 0 aliphatic heterocycles. The molecule has 4 heteroatoms. The second kappa shape index (κ2) is 3.16. The van der Waals surface area contributed by atoms with Gasteiger partial charge >= 0.3 is 7.60 Å². The average molecular weight is 150 g/mol. The van der Waals surface area contributed by atoms with Crippen molar-refractivity contribution >= 4 is 7.60 Å². The van der Waals surface area contributed by atoms with Crippen molar-refractivity contribution in [1.29, 1.82) is 0 Å². The van der Waals surface area contributed by atoms with Crippen LogP contribution in [0.4, 0.5) is 0 Å². The summed E-state index contributed by atoms with van der Waals surface area (Å²) in [5.74, 6) is 0. The van der Waals surface area contributed by atoms with Gasteiger partial charge in [0.1, 0.15) is 0 Å². The Morgan fingerprint density at radius 3 is 2.22 bits per heavy atom. The predicted molar refractivity (Wildman–Crippen MR) is 36.3 cm³/mol. The molecule has 0 unspecified atom stereocenters. The van der Waals surface area contributed by atoms with Crippen LogP contribution >= 0.6 is 7.60 Å². The van der Waals surface area contributed by atoms with Gasteiger partial charge in [-0.1, -0.05) is 5.57 Å². The molecule has 0 amide bonds. The molecule has 3 nitrogen and oxygen atoms in total. The summed E-state index contributed by atoms with van der Waals surface area (Å²) in [6.07, 6.45) is 0.326. The topological polar surface area (TPSA) is 57.5 Å². The lowest BCUT2D eigenvalue weighted by molar-refractivity contribution is 0.373. The number of allylic oxidation sites excluding steroid dienone is 1. The van der Waals surface area contributed by atoms with Gasteiger partial charge in [0.2, 0.25) is 0 Å². The minimum absolute atomic E-state index is 0.0810. The number of rotatable bonds is 3. The second-order valence-electron chi connectivity index (χ2n) is 2.10. The van der Waals surface area contributed by atoms with Gasteiger partial charge in [0, 0.05) is 0 Å². The molecule has 0 aromatic rings. The Labute approximate surface area is 54.6 Å². The largest absolute Gasteiger partial charge is 0.325 e. The third kappa shape index (κ3) is 7.89. The van der Waals surface area contributed by atoms with Crippen LogP contribution in [0.5, 0.6) is 0 Å². The highest BCUT2D eigenvalue weighted by Gasteiger charge is 2.10. The molecule has 0 atom stereocenters. The Balaban J connectivity index is 3.53. The summed E-state index contributed by atoms with van der Waals surface area (Å²) in [5.41, 5.74) is 0.804. The zero-order valence-corrected chi connectivity index (χ0v) is 6.27. The van der Waals surface area contributed by atoms with E-state index >= 15 is 0 Å². The van der Waals surface area contributed by atoms with Crippen molar-refractivity contribution in [3.8, 4) is 0 Å². The van der Waals surface area contributed by atoms with Gasteiger partial charge in [-0.2, -0.15) is 0 Å². The van der Waals surface area contributed by atoms with E-state index in [1.165, 1.54) is 0 Å². The Kier molecular flexibility index (Phi) is 3.12. The summed E-state index contributed by atoms with van der Waals surface area (Å²) in [4.78, 5) is 16.7. The van der Waals surface area contributed by atoms with Gasteiger partial charge in [0.25, 0.3) is 0 Å². The van der Waals surface area contributed by atoms with Crippen LogP contribution in [0, 0.1) is 0 Å². The molecule has 0 aromatic carbocycles. The molecule has 0 aromatic heterocycles. The van der Waals surface area contributed by atoms with E-state index in [9.17, 15) is 4.57 Å². The Morgan fingerprint density at radius 1 is 1.67 bits per heavy atom. The Hall–Kier alpha value is -0.110. The van der Waals surface area contributed by atoms with E-state index in [1.807, 2.05) is 0 Å². The molecule has 0 heterocycles. The number of hydrogen-bond acceptors (Lipinski definition) is 1. The van der Waals surface area contributed by atoms with E-state index < -0.39 is 7.60 Å². The highest BCUT2D eigenvalue weighted by Crippen LogP contribution is 2.35. The summed E-state index contributed by atoms with van der Waals surface area (Å²) in [7, 11) is -3.78. The Morgan fingerprint density at radius 2 is 2.11 bits per heavy atom. The highest BCUT2D eigenvalue weighted by molar-refractivity contribution is 7.51. The standard InChI is InChI=1S/C5H11O3P/c1-5(2)3-4-9(6,7)8/h1,3-4H2,2H3,(H2,6,7,8). The summed E-state index contributed by atoms with van der Waals surface area (Å²) < 4.78 is 10.2. The molecule has 0 rings (SSSR count). The first-order valence-corrected chi connectivity index (χ1v) is 4.40. The first-order valence-electron chi connectivity index (χ1n) is 2.61. The molecule has 0 aliphatic rings. The third-order valence-corrected chi connectivity index (χ3v) is 1.64. The maximum atomic E-state index is 10.2. The van der Waals surface area contributed by atoms with Gasteiger partial charge in [-0.05, 0) is 13.3 Å². The van der Waals surface area contributed by atoms with Gasteiger partial charge in [-0.15, -0.1) is 6.58 Å². The molecule has 0 spiro atoms. The summed E-state index contributed by atoms with van der Waals surface area (Å²) in [6, 6.07) is 0. The van der Waals surface area contributed by atoms with E-state index in [4.69, 9.17) is 9.79 Å². The van der Waals surface area contributed by atoms with Crippen molar-refractivity contribution in [3.05, 3.63) is 12.2 Å². The van der Waals surface area contributed by atoms with Crippen LogP contribution < -0.4 is 0 Å². The SMILES string of the molecule is C=C(C)CCP(=O)(O)O. The van der Waals surface area contributed by atoms with Crippen LogP contribution in [-0.4, -0.2) is 15.9 Å². The predicted octanol–water partition coefficient (Wildman–Crippen LogP) is 1.13. The van der Waals surface area contributed by atoms with Gasteiger partial charge in [0.05, 0.1) is 6.16 Å². The zero-order chi connectivity index (χ0) is 7.49. The van der Waals surface area contributed by atoms with E-state index in [0.717, 1.165) is 5.57 Å². The molecular formula is C5H11O3P. The Bertz CT molecular complexity index is 146. The highest BCUT2D eigenvalue weighted by atomic mass is 31.2. The monoisotopic (exact) mass is 150 g/mol. The average Bonchev–Trinajstić information content (AvgIpc) is 1.59. The molecule has 2 N–H and O–H groups in total. The van der Waals surface area contributed by atoms with Crippen LogP contribution in [0.2, 0.25) is 0 Å². The summed E-state index contributed by atoms with van der Waals surface area (Å²) in [6.45, 7) is 5.26. The first-order chi connectivity index (χ1) is 3.92. The lowest BCUT2D eigenvalue weighted by atomic mass is 10.3. The molecule has 0 aliphatic carbocycles. The molecular weight excluding hydrogens is 139 g/mol. The fourth-order valence-corrected chi connectivity index (χ4v) is 1.01. The molecule has 0 fully saturated rings. The van der Waals surface area contributed by atoms with Crippen LogP contribution in [0.1, 0.15) is 13.3 Å². The third-order valence-electron chi connectivity index (χ3n) is 0.830. The summed E-state index contributed by atoms with van der Waals surface area (Å²) in [5, 5.41) is 0. The molecule has 0 saturated heterocycles. The van der Waals surface area contributed by atoms with E-state index in [2.05, 4.69) is 6.58 Å². The molecule has 54 valence electrons. The van der Waals surface area contributed by atoms with Gasteiger partial charge < -0.3 is 9.79 Å². The van der Waals surface area contributed by atoms with Crippen molar-refractivity contribution < 1.29 is 14.4 Å². The lowest BCUT2D eigenvalue weighted by Crippen LogP contribution is -1.87. The van der Waals surface area contributed by atoms with E-state index in [0.29, 0.717) is 6.42 Å². The quantitative estimate of drug-likeness (QED) is 0.468. The lowest BCUT2D eigenvalue weighted by Gasteiger charge is -2.01.